The van der Waals surface area contributed by atoms with E-state index < -0.39 is 0 Å². The van der Waals surface area contributed by atoms with Gasteiger partial charge in [-0.25, -0.2) is 0 Å². The minimum atomic E-state index is 0.206. The summed E-state index contributed by atoms with van der Waals surface area (Å²) in [5.74, 6) is 0.478. The minimum absolute atomic E-state index is 0.206. The second-order valence-electron chi connectivity index (χ2n) is 3.39. The molecular weight excluding hydrogens is 251 g/mol. The molecule has 3 heteroatoms. The maximum absolute atomic E-state index is 9.72. The lowest BCUT2D eigenvalue weighted by Gasteiger charge is -2.12. The van der Waals surface area contributed by atoms with Crippen molar-refractivity contribution in [3.05, 3.63) is 26.7 Å². The van der Waals surface area contributed by atoms with E-state index in [1.807, 2.05) is 26.8 Å². The molecule has 0 aliphatic heterocycles. The molecule has 0 saturated heterocycles. The van der Waals surface area contributed by atoms with Crippen LogP contribution < -0.4 is 0 Å². The summed E-state index contributed by atoms with van der Waals surface area (Å²) in [6, 6.07) is 1.92. The first-order valence-electron chi connectivity index (χ1n) is 4.12. The van der Waals surface area contributed by atoms with Gasteiger partial charge in [0.15, 0.2) is 0 Å². The van der Waals surface area contributed by atoms with Crippen molar-refractivity contribution in [3.8, 4) is 5.75 Å². The van der Waals surface area contributed by atoms with Crippen LogP contribution in [-0.2, 0) is 0 Å². The van der Waals surface area contributed by atoms with E-state index in [1.54, 1.807) is 0 Å². The van der Waals surface area contributed by atoms with Crippen LogP contribution in [-0.4, -0.2) is 5.11 Å². The normalized spacial score (nSPS) is 10.9. The Morgan fingerprint density at radius 2 is 2.00 bits per heavy atom. The lowest BCUT2D eigenvalue weighted by molar-refractivity contribution is 0.464. The van der Waals surface area contributed by atoms with Crippen LogP contribution in [0.4, 0.5) is 0 Å². The number of benzene rings is 1. The van der Waals surface area contributed by atoms with E-state index in [1.165, 1.54) is 0 Å². The molecule has 0 fully saturated rings. The van der Waals surface area contributed by atoms with Gasteiger partial charge in [-0.3, -0.25) is 0 Å². The van der Waals surface area contributed by atoms with Gasteiger partial charge in [0.2, 0.25) is 0 Å². The highest BCUT2D eigenvalue weighted by atomic mass is 79.9. The van der Waals surface area contributed by atoms with E-state index in [9.17, 15) is 5.11 Å². The molecule has 1 aromatic rings. The second kappa shape index (κ2) is 3.89. The molecule has 1 rings (SSSR count). The van der Waals surface area contributed by atoms with Gasteiger partial charge in [-0.15, -0.1) is 0 Å². The van der Waals surface area contributed by atoms with Crippen LogP contribution in [0.2, 0.25) is 5.02 Å². The van der Waals surface area contributed by atoms with Gasteiger partial charge in [-0.05, 0) is 30.0 Å². The lowest BCUT2D eigenvalue weighted by Crippen LogP contribution is -1.91. The van der Waals surface area contributed by atoms with Crippen LogP contribution in [0.1, 0.15) is 30.9 Å². The molecule has 0 heterocycles. The van der Waals surface area contributed by atoms with E-state index >= 15 is 0 Å². The third kappa shape index (κ3) is 2.00. The highest BCUT2D eigenvalue weighted by Crippen LogP contribution is 2.38. The molecule has 72 valence electrons. The summed E-state index contributed by atoms with van der Waals surface area (Å²) in [7, 11) is 0. The Bertz CT molecular complexity index is 334. The number of aromatic hydroxyl groups is 1. The van der Waals surface area contributed by atoms with Crippen molar-refractivity contribution in [2.75, 3.05) is 0 Å². The van der Waals surface area contributed by atoms with Crippen molar-refractivity contribution in [2.24, 2.45) is 0 Å². The number of hydrogen-bond donors (Lipinski definition) is 1. The molecule has 1 aromatic carbocycles. The van der Waals surface area contributed by atoms with E-state index in [2.05, 4.69) is 15.9 Å². The molecule has 0 radical (unpaired) electrons. The average Bonchev–Trinajstić information content (AvgIpc) is 2.07. The van der Waals surface area contributed by atoms with E-state index in [-0.39, 0.29) is 11.7 Å². The van der Waals surface area contributed by atoms with Gasteiger partial charge in [0.25, 0.3) is 0 Å². The molecule has 0 aliphatic rings. The van der Waals surface area contributed by atoms with Crippen LogP contribution in [0.5, 0.6) is 5.75 Å². The number of rotatable bonds is 1. The van der Waals surface area contributed by atoms with Crippen molar-refractivity contribution in [1.82, 2.24) is 0 Å². The Labute approximate surface area is 91.9 Å². The average molecular weight is 264 g/mol. The standard InChI is InChI=1S/C10H12BrClO/c1-5(2)7-4-8(11)6(3)9(12)10(7)13/h4-5,13H,1-3H3. The maximum Gasteiger partial charge on any atom is 0.137 e. The first-order chi connectivity index (χ1) is 5.95. The summed E-state index contributed by atoms with van der Waals surface area (Å²) >= 11 is 9.36. The molecule has 0 unspecified atom stereocenters. The quantitative estimate of drug-likeness (QED) is 0.803. The van der Waals surface area contributed by atoms with Crippen molar-refractivity contribution in [3.63, 3.8) is 0 Å². The zero-order valence-electron chi connectivity index (χ0n) is 7.86. The third-order valence-corrected chi connectivity index (χ3v) is 3.36. The fourth-order valence-corrected chi connectivity index (χ4v) is 1.93. The highest BCUT2D eigenvalue weighted by Gasteiger charge is 2.13. The fraction of sp³-hybridized carbons (Fsp3) is 0.400. The van der Waals surface area contributed by atoms with Crippen LogP contribution in [0.15, 0.2) is 10.5 Å². The summed E-state index contributed by atoms with van der Waals surface area (Å²) in [6.07, 6.45) is 0. The van der Waals surface area contributed by atoms with Gasteiger partial charge in [-0.2, -0.15) is 0 Å². The Hall–Kier alpha value is -0.210. The van der Waals surface area contributed by atoms with Gasteiger partial charge in [0, 0.05) is 4.47 Å². The van der Waals surface area contributed by atoms with Crippen LogP contribution in [0.3, 0.4) is 0 Å². The molecule has 0 atom stereocenters. The smallest absolute Gasteiger partial charge is 0.137 e. The molecule has 0 aliphatic carbocycles. The van der Waals surface area contributed by atoms with Gasteiger partial charge < -0.3 is 5.11 Å². The molecular formula is C10H12BrClO. The molecule has 0 aromatic heterocycles. The van der Waals surface area contributed by atoms with Crippen molar-refractivity contribution in [1.29, 1.82) is 0 Å². The molecule has 0 amide bonds. The molecule has 0 bridgehead atoms. The first-order valence-corrected chi connectivity index (χ1v) is 5.29. The minimum Gasteiger partial charge on any atom is -0.506 e. The molecule has 0 spiro atoms. The Balaban J connectivity index is 3.41. The first kappa shape index (κ1) is 10.9. The molecule has 0 saturated carbocycles. The number of hydrogen-bond acceptors (Lipinski definition) is 1. The summed E-state index contributed by atoms with van der Waals surface area (Å²) in [5, 5.41) is 10.2. The van der Waals surface area contributed by atoms with Crippen molar-refractivity contribution < 1.29 is 5.11 Å². The van der Waals surface area contributed by atoms with Crippen LogP contribution >= 0.6 is 27.5 Å². The van der Waals surface area contributed by atoms with Gasteiger partial charge in [-0.1, -0.05) is 41.4 Å². The highest BCUT2D eigenvalue weighted by molar-refractivity contribution is 9.10. The summed E-state index contributed by atoms with van der Waals surface area (Å²) < 4.78 is 0.944. The Kier molecular flexibility index (Phi) is 3.25. The fourth-order valence-electron chi connectivity index (χ4n) is 1.16. The van der Waals surface area contributed by atoms with E-state index in [0.717, 1.165) is 15.6 Å². The topological polar surface area (TPSA) is 20.2 Å². The largest absolute Gasteiger partial charge is 0.506 e. The molecule has 13 heavy (non-hydrogen) atoms. The monoisotopic (exact) mass is 262 g/mol. The molecule has 1 N–H and O–H groups in total. The van der Waals surface area contributed by atoms with Gasteiger partial charge in [0.1, 0.15) is 5.75 Å². The van der Waals surface area contributed by atoms with E-state index in [4.69, 9.17) is 11.6 Å². The van der Waals surface area contributed by atoms with Crippen molar-refractivity contribution >= 4 is 27.5 Å². The maximum atomic E-state index is 9.72. The predicted octanol–water partition coefficient (Wildman–Crippen LogP) is 4.24. The Morgan fingerprint density at radius 3 is 2.46 bits per heavy atom. The zero-order chi connectivity index (χ0) is 10.2. The number of halogens is 2. The van der Waals surface area contributed by atoms with Crippen LogP contribution in [0.25, 0.3) is 0 Å². The SMILES string of the molecule is Cc1c(Br)cc(C(C)C)c(O)c1Cl. The molecule has 1 nitrogen and oxygen atoms in total. The summed E-state index contributed by atoms with van der Waals surface area (Å²) in [6.45, 7) is 5.91. The summed E-state index contributed by atoms with van der Waals surface area (Å²) in [4.78, 5) is 0. The number of phenolic OH excluding ortho intramolecular Hbond substituents is 1. The number of phenols is 1. The van der Waals surface area contributed by atoms with Gasteiger partial charge >= 0.3 is 0 Å². The van der Waals surface area contributed by atoms with Gasteiger partial charge in [0.05, 0.1) is 5.02 Å². The Morgan fingerprint density at radius 1 is 1.46 bits per heavy atom. The lowest BCUT2D eigenvalue weighted by atomic mass is 10.0. The summed E-state index contributed by atoms with van der Waals surface area (Å²) in [5.41, 5.74) is 1.76. The predicted molar refractivity (Wildman–Crippen MR) is 59.6 cm³/mol. The van der Waals surface area contributed by atoms with Crippen LogP contribution in [0, 0.1) is 6.92 Å². The zero-order valence-corrected chi connectivity index (χ0v) is 10.2. The second-order valence-corrected chi connectivity index (χ2v) is 4.62. The third-order valence-electron chi connectivity index (χ3n) is 2.07. The van der Waals surface area contributed by atoms with E-state index in [0.29, 0.717) is 5.02 Å². The van der Waals surface area contributed by atoms with Crippen molar-refractivity contribution in [2.45, 2.75) is 26.7 Å².